The molecule has 0 aliphatic carbocycles. The number of hydrogen-bond donors (Lipinski definition) is 0. The van der Waals surface area contributed by atoms with Gasteiger partial charge in [0.25, 0.3) is 0 Å². The van der Waals surface area contributed by atoms with Gasteiger partial charge in [-0.05, 0) is 12.1 Å². The normalized spacial score (nSPS) is 18.2. The van der Waals surface area contributed by atoms with Gasteiger partial charge in [0.15, 0.2) is 0 Å². The summed E-state index contributed by atoms with van der Waals surface area (Å²) in [5.74, 6) is 6.16. The van der Waals surface area contributed by atoms with E-state index in [2.05, 4.69) is 11.8 Å². The molecule has 2 nitrogen and oxygen atoms in total. The Balaban J connectivity index is 2.02. The lowest BCUT2D eigenvalue weighted by atomic mass is 10.2. The summed E-state index contributed by atoms with van der Waals surface area (Å²) in [6.45, 7) is 1.27. The molecule has 0 amide bonds. The topological polar surface area (TPSA) is 18.5 Å². The highest BCUT2D eigenvalue weighted by atomic mass is 35.5. The number of benzene rings is 1. The van der Waals surface area contributed by atoms with E-state index < -0.39 is 0 Å². The summed E-state index contributed by atoms with van der Waals surface area (Å²) >= 11 is 5.50. The predicted molar refractivity (Wildman–Crippen MR) is 68.5 cm³/mol. The van der Waals surface area contributed by atoms with E-state index in [9.17, 15) is 4.39 Å². The first-order valence-corrected chi connectivity index (χ1v) is 6.42. The van der Waals surface area contributed by atoms with Crippen LogP contribution in [-0.2, 0) is 4.74 Å². The SMILES string of the molecule is Fc1cc(OC2CCOC2)ccc1C#CCCCl. The van der Waals surface area contributed by atoms with E-state index in [-0.39, 0.29) is 11.9 Å². The summed E-state index contributed by atoms with van der Waals surface area (Å²) in [7, 11) is 0. The molecule has 1 aliphatic rings. The van der Waals surface area contributed by atoms with E-state index in [1.807, 2.05) is 0 Å². The quantitative estimate of drug-likeness (QED) is 0.620. The minimum absolute atomic E-state index is 0.0255. The van der Waals surface area contributed by atoms with Gasteiger partial charge in [-0.25, -0.2) is 4.39 Å². The Hall–Kier alpha value is -1.24. The van der Waals surface area contributed by atoms with Crippen molar-refractivity contribution in [3.05, 3.63) is 29.6 Å². The second-order valence-corrected chi connectivity index (χ2v) is 4.36. The fourth-order valence-corrected chi connectivity index (χ4v) is 1.77. The van der Waals surface area contributed by atoms with E-state index in [0.717, 1.165) is 6.42 Å². The molecule has 0 aromatic heterocycles. The van der Waals surface area contributed by atoms with Gasteiger partial charge in [-0.2, -0.15) is 0 Å². The Labute approximate surface area is 111 Å². The van der Waals surface area contributed by atoms with Crippen molar-refractivity contribution in [2.24, 2.45) is 0 Å². The van der Waals surface area contributed by atoms with Crippen LogP contribution in [0.1, 0.15) is 18.4 Å². The van der Waals surface area contributed by atoms with Crippen molar-refractivity contribution in [2.75, 3.05) is 19.1 Å². The lowest BCUT2D eigenvalue weighted by Crippen LogP contribution is -2.15. The Kier molecular flexibility index (Phi) is 4.86. The Bertz CT molecular complexity index is 459. The smallest absolute Gasteiger partial charge is 0.142 e. The van der Waals surface area contributed by atoms with Crippen LogP contribution in [0.2, 0.25) is 0 Å². The second-order valence-electron chi connectivity index (χ2n) is 3.99. The molecule has 1 aromatic carbocycles. The van der Waals surface area contributed by atoms with E-state index in [1.165, 1.54) is 6.07 Å². The molecule has 1 aromatic rings. The van der Waals surface area contributed by atoms with Gasteiger partial charge in [-0.3, -0.25) is 0 Å². The summed E-state index contributed by atoms with van der Waals surface area (Å²) in [5.41, 5.74) is 0.370. The monoisotopic (exact) mass is 268 g/mol. The third-order valence-corrected chi connectivity index (χ3v) is 2.76. The minimum atomic E-state index is -0.367. The molecule has 96 valence electrons. The molecule has 0 N–H and O–H groups in total. The predicted octanol–water partition coefficient (Wildman–Crippen LogP) is 2.97. The third-order valence-electron chi connectivity index (χ3n) is 2.57. The number of halogens is 2. The zero-order valence-corrected chi connectivity index (χ0v) is 10.7. The molecule has 0 radical (unpaired) electrons. The van der Waals surface area contributed by atoms with Gasteiger partial charge < -0.3 is 9.47 Å². The summed E-state index contributed by atoms with van der Waals surface area (Å²) in [6, 6.07) is 4.72. The van der Waals surface area contributed by atoms with Crippen molar-refractivity contribution >= 4 is 11.6 Å². The van der Waals surface area contributed by atoms with Crippen LogP contribution in [0.4, 0.5) is 4.39 Å². The van der Waals surface area contributed by atoms with Crippen molar-refractivity contribution in [1.29, 1.82) is 0 Å². The lowest BCUT2D eigenvalue weighted by Gasteiger charge is -2.11. The Morgan fingerprint density at radius 1 is 1.50 bits per heavy atom. The summed E-state index contributed by atoms with van der Waals surface area (Å²) in [6.07, 6.45) is 1.43. The van der Waals surface area contributed by atoms with Crippen molar-refractivity contribution < 1.29 is 13.9 Å². The molecule has 2 rings (SSSR count). The fraction of sp³-hybridized carbons (Fsp3) is 0.429. The van der Waals surface area contributed by atoms with Crippen LogP contribution in [-0.4, -0.2) is 25.2 Å². The molecule has 1 fully saturated rings. The molecule has 1 aliphatic heterocycles. The van der Waals surface area contributed by atoms with Crippen LogP contribution in [0.3, 0.4) is 0 Å². The highest BCUT2D eigenvalue weighted by Crippen LogP contribution is 2.19. The van der Waals surface area contributed by atoms with E-state index >= 15 is 0 Å². The molecule has 0 spiro atoms. The molecule has 18 heavy (non-hydrogen) atoms. The van der Waals surface area contributed by atoms with Gasteiger partial charge >= 0.3 is 0 Å². The highest BCUT2D eigenvalue weighted by Gasteiger charge is 2.17. The first kappa shape index (κ1) is 13.2. The maximum absolute atomic E-state index is 13.7. The molecule has 1 unspecified atom stereocenters. The first-order chi connectivity index (χ1) is 8.79. The highest BCUT2D eigenvalue weighted by molar-refractivity contribution is 6.18. The maximum Gasteiger partial charge on any atom is 0.142 e. The van der Waals surface area contributed by atoms with Crippen LogP contribution >= 0.6 is 11.6 Å². The molecule has 0 bridgehead atoms. The van der Waals surface area contributed by atoms with Gasteiger partial charge in [0.2, 0.25) is 0 Å². The number of ether oxygens (including phenoxy) is 2. The Morgan fingerprint density at radius 3 is 3.06 bits per heavy atom. The second kappa shape index (κ2) is 6.63. The lowest BCUT2D eigenvalue weighted by molar-refractivity contribution is 0.141. The van der Waals surface area contributed by atoms with Crippen LogP contribution in [0.25, 0.3) is 0 Å². The van der Waals surface area contributed by atoms with E-state index in [1.54, 1.807) is 12.1 Å². The van der Waals surface area contributed by atoms with Crippen molar-refractivity contribution in [1.82, 2.24) is 0 Å². The molecule has 1 heterocycles. The standard InChI is InChI=1S/C14H14ClFO2/c15-7-2-1-3-11-4-5-12(9-14(11)16)18-13-6-8-17-10-13/h4-5,9,13H,2,6-8,10H2. The summed E-state index contributed by atoms with van der Waals surface area (Å²) in [5, 5.41) is 0. The van der Waals surface area contributed by atoms with E-state index in [0.29, 0.717) is 36.8 Å². The largest absolute Gasteiger partial charge is 0.488 e. The van der Waals surface area contributed by atoms with Gasteiger partial charge in [-0.15, -0.1) is 11.6 Å². The van der Waals surface area contributed by atoms with Gasteiger partial charge in [0.05, 0.1) is 18.8 Å². The molecule has 0 saturated carbocycles. The number of hydrogen-bond acceptors (Lipinski definition) is 2. The number of alkyl halides is 1. The fourth-order valence-electron chi connectivity index (χ4n) is 1.67. The van der Waals surface area contributed by atoms with Gasteiger partial charge in [0.1, 0.15) is 17.7 Å². The zero-order chi connectivity index (χ0) is 12.8. The van der Waals surface area contributed by atoms with Crippen LogP contribution in [0, 0.1) is 17.7 Å². The number of rotatable bonds is 3. The van der Waals surface area contributed by atoms with Crippen LogP contribution in [0.15, 0.2) is 18.2 Å². The van der Waals surface area contributed by atoms with Crippen LogP contribution in [0.5, 0.6) is 5.75 Å². The maximum atomic E-state index is 13.7. The first-order valence-electron chi connectivity index (χ1n) is 5.88. The third kappa shape index (κ3) is 3.63. The molecule has 4 heteroatoms. The zero-order valence-electron chi connectivity index (χ0n) is 9.92. The summed E-state index contributed by atoms with van der Waals surface area (Å²) in [4.78, 5) is 0. The molecule has 1 saturated heterocycles. The molecular formula is C14H14ClFO2. The summed E-state index contributed by atoms with van der Waals surface area (Å²) < 4.78 is 24.5. The van der Waals surface area contributed by atoms with Crippen molar-refractivity contribution in [3.8, 4) is 17.6 Å². The molecule has 1 atom stereocenters. The van der Waals surface area contributed by atoms with Crippen LogP contribution < -0.4 is 4.74 Å². The average Bonchev–Trinajstić information content (AvgIpc) is 2.85. The van der Waals surface area contributed by atoms with Gasteiger partial charge in [-0.1, -0.05) is 11.8 Å². The molecular weight excluding hydrogens is 255 g/mol. The van der Waals surface area contributed by atoms with Crippen molar-refractivity contribution in [2.45, 2.75) is 18.9 Å². The Morgan fingerprint density at radius 2 is 2.39 bits per heavy atom. The van der Waals surface area contributed by atoms with E-state index in [4.69, 9.17) is 21.1 Å². The average molecular weight is 269 g/mol. The van der Waals surface area contributed by atoms with Crippen molar-refractivity contribution in [3.63, 3.8) is 0 Å². The minimum Gasteiger partial charge on any atom is -0.488 e. The van der Waals surface area contributed by atoms with Gasteiger partial charge in [0, 0.05) is 24.8 Å².